The Morgan fingerprint density at radius 1 is 1.37 bits per heavy atom. The molecule has 3 nitrogen and oxygen atoms in total. The van der Waals surface area contributed by atoms with Crippen molar-refractivity contribution < 1.29 is 4.79 Å². The Bertz CT molecular complexity index is 430. The van der Waals surface area contributed by atoms with Crippen molar-refractivity contribution >= 4 is 5.91 Å². The number of aryl methyl sites for hydroxylation is 2. The average molecular weight is 260 g/mol. The van der Waals surface area contributed by atoms with Gasteiger partial charge in [-0.1, -0.05) is 29.3 Å². The van der Waals surface area contributed by atoms with Gasteiger partial charge in [0, 0.05) is 12.5 Å². The van der Waals surface area contributed by atoms with Gasteiger partial charge in [-0.2, -0.15) is 0 Å². The first-order valence-electron chi connectivity index (χ1n) is 7.15. The highest BCUT2D eigenvalue weighted by molar-refractivity contribution is 5.77. The normalized spacial score (nSPS) is 20.3. The Morgan fingerprint density at radius 2 is 2.05 bits per heavy atom. The molecule has 1 heterocycles. The predicted molar refractivity (Wildman–Crippen MR) is 78.1 cm³/mol. The summed E-state index contributed by atoms with van der Waals surface area (Å²) in [4.78, 5) is 12.0. The molecule has 3 heteroatoms. The van der Waals surface area contributed by atoms with Gasteiger partial charge in [-0.25, -0.2) is 0 Å². The van der Waals surface area contributed by atoms with Crippen molar-refractivity contribution in [1.82, 2.24) is 10.6 Å². The van der Waals surface area contributed by atoms with Gasteiger partial charge in [0.05, 0.1) is 6.04 Å². The van der Waals surface area contributed by atoms with Crippen LogP contribution in [-0.4, -0.2) is 18.5 Å². The number of carbonyl (C=O) groups excluding carboxylic acids is 1. The Kier molecular flexibility index (Phi) is 4.59. The van der Waals surface area contributed by atoms with Crippen molar-refractivity contribution in [2.24, 2.45) is 0 Å². The number of carbonyl (C=O) groups is 1. The lowest BCUT2D eigenvalue weighted by Gasteiger charge is -2.17. The van der Waals surface area contributed by atoms with Crippen molar-refractivity contribution in [3.05, 3.63) is 34.9 Å². The van der Waals surface area contributed by atoms with Crippen molar-refractivity contribution in [2.45, 2.75) is 52.1 Å². The second-order valence-corrected chi connectivity index (χ2v) is 5.71. The molecule has 2 N–H and O–H groups in total. The van der Waals surface area contributed by atoms with Crippen molar-refractivity contribution in [3.8, 4) is 0 Å². The second kappa shape index (κ2) is 6.20. The molecule has 1 aromatic carbocycles. The molecule has 2 unspecified atom stereocenters. The molecular weight excluding hydrogens is 236 g/mol. The maximum absolute atomic E-state index is 12.0. The maximum Gasteiger partial charge on any atom is 0.222 e. The topological polar surface area (TPSA) is 41.1 Å². The van der Waals surface area contributed by atoms with Crippen LogP contribution in [0.25, 0.3) is 0 Å². The number of hydrogen-bond donors (Lipinski definition) is 2. The van der Waals surface area contributed by atoms with E-state index in [1.165, 1.54) is 23.1 Å². The van der Waals surface area contributed by atoms with Crippen LogP contribution in [0.3, 0.4) is 0 Å². The Hall–Kier alpha value is -1.35. The van der Waals surface area contributed by atoms with Crippen LogP contribution in [-0.2, 0) is 4.79 Å². The van der Waals surface area contributed by atoms with Gasteiger partial charge in [0.1, 0.15) is 0 Å². The zero-order valence-corrected chi connectivity index (χ0v) is 12.1. The third kappa shape index (κ3) is 4.06. The summed E-state index contributed by atoms with van der Waals surface area (Å²) in [6.07, 6.45) is 2.89. The third-order valence-electron chi connectivity index (χ3n) is 3.72. The number of rotatable bonds is 4. The summed E-state index contributed by atoms with van der Waals surface area (Å²) < 4.78 is 0. The van der Waals surface area contributed by atoms with Crippen LogP contribution >= 0.6 is 0 Å². The molecule has 0 aromatic heterocycles. The quantitative estimate of drug-likeness (QED) is 0.873. The van der Waals surface area contributed by atoms with Gasteiger partial charge in [-0.15, -0.1) is 0 Å². The van der Waals surface area contributed by atoms with E-state index in [-0.39, 0.29) is 11.9 Å². The fourth-order valence-electron chi connectivity index (χ4n) is 2.80. The molecule has 1 saturated heterocycles. The summed E-state index contributed by atoms with van der Waals surface area (Å²) in [6.45, 7) is 7.28. The molecule has 0 bridgehead atoms. The van der Waals surface area contributed by atoms with Crippen LogP contribution < -0.4 is 10.6 Å². The van der Waals surface area contributed by atoms with Crippen LogP contribution in [0.4, 0.5) is 0 Å². The number of nitrogens with one attached hydrogen (secondary N) is 2. The van der Waals surface area contributed by atoms with Gasteiger partial charge in [-0.3, -0.25) is 4.79 Å². The maximum atomic E-state index is 12.0. The fourth-order valence-corrected chi connectivity index (χ4v) is 2.80. The van der Waals surface area contributed by atoms with E-state index in [1.54, 1.807) is 0 Å². The molecule has 1 aromatic rings. The molecule has 2 atom stereocenters. The summed E-state index contributed by atoms with van der Waals surface area (Å²) >= 11 is 0. The van der Waals surface area contributed by atoms with E-state index < -0.39 is 0 Å². The van der Waals surface area contributed by atoms with Gasteiger partial charge in [0.2, 0.25) is 5.91 Å². The monoisotopic (exact) mass is 260 g/mol. The van der Waals surface area contributed by atoms with E-state index in [2.05, 4.69) is 42.7 Å². The lowest BCUT2D eigenvalue weighted by molar-refractivity contribution is -0.122. The first-order valence-corrected chi connectivity index (χ1v) is 7.15. The summed E-state index contributed by atoms with van der Waals surface area (Å²) in [6, 6.07) is 6.89. The average Bonchev–Trinajstić information content (AvgIpc) is 2.80. The molecule has 1 fully saturated rings. The highest BCUT2D eigenvalue weighted by atomic mass is 16.1. The van der Waals surface area contributed by atoms with E-state index in [0.29, 0.717) is 12.5 Å². The first kappa shape index (κ1) is 14.1. The van der Waals surface area contributed by atoms with E-state index in [1.807, 2.05) is 6.92 Å². The van der Waals surface area contributed by atoms with Gasteiger partial charge < -0.3 is 10.6 Å². The summed E-state index contributed by atoms with van der Waals surface area (Å²) in [7, 11) is 0. The molecule has 104 valence electrons. The van der Waals surface area contributed by atoms with Gasteiger partial charge in [0.25, 0.3) is 0 Å². The number of amides is 1. The van der Waals surface area contributed by atoms with Crippen LogP contribution in [0.5, 0.6) is 0 Å². The molecule has 1 amide bonds. The predicted octanol–water partition coefficient (Wildman–Crippen LogP) is 2.62. The smallest absolute Gasteiger partial charge is 0.222 e. The molecule has 1 aliphatic heterocycles. The standard InChI is InChI=1S/C16H24N2O/c1-11-7-12(2)9-14(8-11)13(3)18-16(19)10-15-5-4-6-17-15/h7-9,13,15,17H,4-6,10H2,1-3H3,(H,18,19). The lowest BCUT2D eigenvalue weighted by Crippen LogP contribution is -2.33. The third-order valence-corrected chi connectivity index (χ3v) is 3.72. The van der Waals surface area contributed by atoms with Crippen LogP contribution in [0.15, 0.2) is 18.2 Å². The minimum Gasteiger partial charge on any atom is -0.350 e. The van der Waals surface area contributed by atoms with Gasteiger partial charge in [-0.05, 0) is 45.7 Å². The summed E-state index contributed by atoms with van der Waals surface area (Å²) in [5, 5.41) is 6.46. The Labute approximate surface area is 115 Å². The molecule has 1 aliphatic rings. The van der Waals surface area contributed by atoms with Crippen LogP contribution in [0.1, 0.15) is 48.9 Å². The molecular formula is C16H24N2O. The first-order chi connectivity index (χ1) is 9.04. The molecule has 0 spiro atoms. The molecule has 2 rings (SSSR count). The van der Waals surface area contributed by atoms with Crippen LogP contribution in [0, 0.1) is 13.8 Å². The SMILES string of the molecule is Cc1cc(C)cc(C(C)NC(=O)CC2CCCN2)c1. The zero-order valence-electron chi connectivity index (χ0n) is 12.1. The molecule has 0 saturated carbocycles. The molecule has 19 heavy (non-hydrogen) atoms. The van der Waals surface area contributed by atoms with E-state index in [4.69, 9.17) is 0 Å². The van der Waals surface area contributed by atoms with Gasteiger partial charge in [0.15, 0.2) is 0 Å². The van der Waals surface area contributed by atoms with Gasteiger partial charge >= 0.3 is 0 Å². The molecule has 0 radical (unpaired) electrons. The van der Waals surface area contributed by atoms with E-state index >= 15 is 0 Å². The summed E-state index contributed by atoms with van der Waals surface area (Å²) in [5.74, 6) is 0.144. The van der Waals surface area contributed by atoms with Crippen molar-refractivity contribution in [1.29, 1.82) is 0 Å². The van der Waals surface area contributed by atoms with Crippen LogP contribution in [0.2, 0.25) is 0 Å². The molecule has 0 aliphatic carbocycles. The lowest BCUT2D eigenvalue weighted by atomic mass is 10.0. The largest absolute Gasteiger partial charge is 0.350 e. The Balaban J connectivity index is 1.92. The van der Waals surface area contributed by atoms with E-state index in [0.717, 1.165) is 13.0 Å². The van der Waals surface area contributed by atoms with Crippen molar-refractivity contribution in [3.63, 3.8) is 0 Å². The zero-order chi connectivity index (χ0) is 13.8. The minimum absolute atomic E-state index is 0.0764. The summed E-state index contributed by atoms with van der Waals surface area (Å²) in [5.41, 5.74) is 3.67. The second-order valence-electron chi connectivity index (χ2n) is 5.71. The number of benzene rings is 1. The highest BCUT2D eigenvalue weighted by Gasteiger charge is 2.19. The fraction of sp³-hybridized carbons (Fsp3) is 0.562. The van der Waals surface area contributed by atoms with E-state index in [9.17, 15) is 4.79 Å². The van der Waals surface area contributed by atoms with Crippen molar-refractivity contribution in [2.75, 3.05) is 6.54 Å². The minimum atomic E-state index is 0.0764. The highest BCUT2D eigenvalue weighted by Crippen LogP contribution is 2.17. The Morgan fingerprint density at radius 3 is 2.63 bits per heavy atom. The number of hydrogen-bond acceptors (Lipinski definition) is 2.